The Labute approximate surface area is 113 Å². The lowest BCUT2D eigenvalue weighted by Crippen LogP contribution is -2.50. The molecular formula is C12H20ClNO3S. The van der Waals surface area contributed by atoms with E-state index in [4.69, 9.17) is 11.6 Å². The quantitative estimate of drug-likeness (QED) is 0.787. The molecule has 18 heavy (non-hydrogen) atoms. The summed E-state index contributed by atoms with van der Waals surface area (Å²) in [5.74, 6) is -0.202. The van der Waals surface area contributed by atoms with Crippen LogP contribution in [0.15, 0.2) is 0 Å². The fraction of sp³-hybridized carbons (Fsp3) is 0.917. The topological polar surface area (TPSA) is 63.2 Å². The molecule has 0 aromatic carbocycles. The van der Waals surface area contributed by atoms with E-state index >= 15 is 0 Å². The van der Waals surface area contributed by atoms with Gasteiger partial charge in [-0.1, -0.05) is 19.3 Å². The number of amides is 1. The summed E-state index contributed by atoms with van der Waals surface area (Å²) in [6, 6.07) is -0.0648. The average molecular weight is 294 g/mol. The van der Waals surface area contributed by atoms with Crippen LogP contribution in [-0.2, 0) is 14.6 Å². The van der Waals surface area contributed by atoms with Crippen molar-refractivity contribution in [1.29, 1.82) is 0 Å². The monoisotopic (exact) mass is 293 g/mol. The lowest BCUT2D eigenvalue weighted by Gasteiger charge is -2.30. The number of alkyl halides is 1. The van der Waals surface area contributed by atoms with E-state index in [9.17, 15) is 13.2 Å². The lowest BCUT2D eigenvalue weighted by molar-refractivity contribution is -0.121. The van der Waals surface area contributed by atoms with Gasteiger partial charge in [-0.3, -0.25) is 4.79 Å². The molecule has 2 fully saturated rings. The van der Waals surface area contributed by atoms with Crippen LogP contribution in [0.1, 0.15) is 44.9 Å². The Balaban J connectivity index is 1.98. The maximum Gasteiger partial charge on any atom is 0.238 e. The molecule has 1 aliphatic carbocycles. The first kappa shape index (κ1) is 14.1. The second kappa shape index (κ2) is 5.78. The van der Waals surface area contributed by atoms with Gasteiger partial charge in [0, 0.05) is 6.04 Å². The molecule has 1 heterocycles. The van der Waals surface area contributed by atoms with Crippen LogP contribution >= 0.6 is 11.6 Å². The summed E-state index contributed by atoms with van der Waals surface area (Å²) in [6.45, 7) is 0. The molecule has 3 unspecified atom stereocenters. The van der Waals surface area contributed by atoms with Gasteiger partial charge in [-0.2, -0.15) is 0 Å². The molecule has 0 bridgehead atoms. The second-order valence-corrected chi connectivity index (χ2v) is 8.13. The Bertz CT molecular complexity index is 410. The Hall–Kier alpha value is -0.290. The summed E-state index contributed by atoms with van der Waals surface area (Å²) in [7, 11) is -3.25. The molecule has 104 valence electrons. The lowest BCUT2D eigenvalue weighted by atomic mass is 9.94. The molecule has 1 saturated carbocycles. The molecule has 0 aromatic heterocycles. The maximum atomic E-state index is 12.1. The van der Waals surface area contributed by atoms with Gasteiger partial charge in [0.2, 0.25) is 5.91 Å². The predicted molar refractivity (Wildman–Crippen MR) is 71.5 cm³/mol. The predicted octanol–water partition coefficient (Wildman–Crippen LogP) is 1.62. The van der Waals surface area contributed by atoms with Gasteiger partial charge >= 0.3 is 0 Å². The largest absolute Gasteiger partial charge is 0.351 e. The minimum absolute atomic E-state index is 0.0611. The van der Waals surface area contributed by atoms with Gasteiger partial charge in [0.15, 0.2) is 9.84 Å². The minimum Gasteiger partial charge on any atom is -0.351 e. The Morgan fingerprint density at radius 3 is 2.39 bits per heavy atom. The first-order chi connectivity index (χ1) is 8.50. The van der Waals surface area contributed by atoms with Crippen molar-refractivity contribution in [3.63, 3.8) is 0 Å². The summed E-state index contributed by atoms with van der Waals surface area (Å²) >= 11 is 6.17. The normalized spacial score (nSPS) is 35.9. The molecule has 1 aliphatic heterocycles. The van der Waals surface area contributed by atoms with Crippen LogP contribution in [0.2, 0.25) is 0 Å². The number of nitrogens with one attached hydrogen (secondary N) is 1. The molecule has 0 spiro atoms. The summed E-state index contributed by atoms with van der Waals surface area (Å²) in [4.78, 5) is 12.1. The Morgan fingerprint density at radius 1 is 1.06 bits per heavy atom. The van der Waals surface area contributed by atoms with Crippen LogP contribution in [0.5, 0.6) is 0 Å². The van der Waals surface area contributed by atoms with E-state index in [0.717, 1.165) is 32.1 Å². The highest BCUT2D eigenvalue weighted by atomic mass is 35.5. The van der Waals surface area contributed by atoms with E-state index in [1.165, 1.54) is 0 Å². The molecule has 2 rings (SSSR count). The van der Waals surface area contributed by atoms with E-state index in [2.05, 4.69) is 5.32 Å². The van der Waals surface area contributed by atoms with Crippen LogP contribution < -0.4 is 5.32 Å². The van der Waals surface area contributed by atoms with Crippen molar-refractivity contribution in [2.45, 2.75) is 61.6 Å². The molecule has 0 aromatic rings. The minimum atomic E-state index is -3.25. The van der Waals surface area contributed by atoms with Crippen LogP contribution in [0.25, 0.3) is 0 Å². The van der Waals surface area contributed by atoms with Crippen molar-refractivity contribution in [2.24, 2.45) is 0 Å². The van der Waals surface area contributed by atoms with Gasteiger partial charge in [0.25, 0.3) is 0 Å². The zero-order chi connectivity index (χ0) is 13.2. The molecule has 3 atom stereocenters. The SMILES string of the molecule is O=C(NC1CCCCC1Cl)C1CCCCS1(=O)=O. The van der Waals surface area contributed by atoms with Crippen molar-refractivity contribution < 1.29 is 13.2 Å². The number of carbonyl (C=O) groups excluding carboxylic acids is 1. The third-order valence-corrected chi connectivity index (χ3v) is 6.58. The zero-order valence-electron chi connectivity index (χ0n) is 10.4. The van der Waals surface area contributed by atoms with Crippen LogP contribution in [0.3, 0.4) is 0 Å². The molecule has 1 amide bonds. The summed E-state index contributed by atoms with van der Waals surface area (Å²) in [5, 5.41) is 1.93. The van der Waals surface area contributed by atoms with E-state index < -0.39 is 15.1 Å². The number of carbonyl (C=O) groups is 1. The van der Waals surface area contributed by atoms with E-state index in [1.54, 1.807) is 0 Å². The smallest absolute Gasteiger partial charge is 0.238 e. The standard InChI is InChI=1S/C12H20ClNO3S/c13-9-5-1-2-6-10(9)14-12(15)11-7-3-4-8-18(11,16)17/h9-11H,1-8H2,(H,14,15). The van der Waals surface area contributed by atoms with Crippen molar-refractivity contribution in [3.05, 3.63) is 0 Å². The fourth-order valence-electron chi connectivity index (χ4n) is 2.77. The van der Waals surface area contributed by atoms with E-state index in [0.29, 0.717) is 12.8 Å². The Morgan fingerprint density at radius 2 is 1.72 bits per heavy atom. The van der Waals surface area contributed by atoms with E-state index in [-0.39, 0.29) is 23.1 Å². The molecule has 2 aliphatic rings. The number of halogens is 1. The van der Waals surface area contributed by atoms with Crippen molar-refractivity contribution in [3.8, 4) is 0 Å². The summed E-state index contributed by atoms with van der Waals surface area (Å²) in [5.41, 5.74) is 0. The fourth-order valence-corrected chi connectivity index (χ4v) is 4.93. The average Bonchev–Trinajstić information content (AvgIpc) is 2.31. The highest BCUT2D eigenvalue weighted by Gasteiger charge is 2.36. The molecule has 0 radical (unpaired) electrons. The first-order valence-corrected chi connectivity index (χ1v) is 8.82. The third-order valence-electron chi connectivity index (χ3n) is 3.88. The van der Waals surface area contributed by atoms with Crippen molar-refractivity contribution in [1.82, 2.24) is 5.32 Å². The van der Waals surface area contributed by atoms with Gasteiger partial charge in [-0.25, -0.2) is 8.42 Å². The number of rotatable bonds is 2. The molecule has 6 heteroatoms. The molecular weight excluding hydrogens is 274 g/mol. The third kappa shape index (κ3) is 3.18. The van der Waals surface area contributed by atoms with Gasteiger partial charge in [-0.15, -0.1) is 11.6 Å². The zero-order valence-corrected chi connectivity index (χ0v) is 12.0. The first-order valence-electron chi connectivity index (χ1n) is 6.67. The van der Waals surface area contributed by atoms with Crippen LogP contribution in [-0.4, -0.2) is 36.7 Å². The number of hydrogen-bond acceptors (Lipinski definition) is 3. The van der Waals surface area contributed by atoms with Gasteiger partial charge in [0.1, 0.15) is 5.25 Å². The highest BCUT2D eigenvalue weighted by molar-refractivity contribution is 7.92. The van der Waals surface area contributed by atoms with Gasteiger partial charge in [0.05, 0.1) is 11.1 Å². The number of hydrogen-bond donors (Lipinski definition) is 1. The molecule has 4 nitrogen and oxygen atoms in total. The maximum absolute atomic E-state index is 12.1. The van der Waals surface area contributed by atoms with Crippen molar-refractivity contribution >= 4 is 27.3 Å². The van der Waals surface area contributed by atoms with Gasteiger partial charge < -0.3 is 5.32 Å². The van der Waals surface area contributed by atoms with Crippen LogP contribution in [0, 0.1) is 0 Å². The van der Waals surface area contributed by atoms with E-state index in [1.807, 2.05) is 0 Å². The highest BCUT2D eigenvalue weighted by Crippen LogP contribution is 2.25. The van der Waals surface area contributed by atoms with Crippen LogP contribution in [0.4, 0.5) is 0 Å². The second-order valence-electron chi connectivity index (χ2n) is 5.27. The number of sulfone groups is 1. The summed E-state index contributed by atoms with van der Waals surface area (Å²) in [6.07, 6.45) is 5.82. The Kier molecular flexibility index (Phi) is 4.54. The molecule has 1 saturated heterocycles. The van der Waals surface area contributed by atoms with Gasteiger partial charge in [-0.05, 0) is 25.7 Å². The molecule has 1 N–H and O–H groups in total. The van der Waals surface area contributed by atoms with Crippen molar-refractivity contribution in [2.75, 3.05) is 5.75 Å². The summed E-state index contributed by atoms with van der Waals surface area (Å²) < 4.78 is 23.7.